The van der Waals surface area contributed by atoms with Crippen molar-refractivity contribution in [3.8, 4) is 0 Å². The van der Waals surface area contributed by atoms with Crippen molar-refractivity contribution in [3.05, 3.63) is 72.9 Å². The lowest BCUT2D eigenvalue weighted by molar-refractivity contribution is -0.305. The van der Waals surface area contributed by atoms with Crippen LogP contribution in [0.5, 0.6) is 0 Å². The largest absolute Gasteiger partial charge is 0.457 e. The van der Waals surface area contributed by atoms with Crippen LogP contribution in [0, 0.1) is 0 Å². The van der Waals surface area contributed by atoms with E-state index < -0.39 is 43.4 Å². The molecule has 0 aromatic heterocycles. The van der Waals surface area contributed by atoms with Gasteiger partial charge in [0, 0.05) is 13.0 Å². The molecule has 9 nitrogen and oxygen atoms in total. The number of allylic oxidation sites excluding steroid dienone is 12. The summed E-state index contributed by atoms with van der Waals surface area (Å²) in [6, 6.07) is 0. The first-order valence-corrected chi connectivity index (χ1v) is 23.0. The van der Waals surface area contributed by atoms with Gasteiger partial charge in [-0.1, -0.05) is 170 Å². The van der Waals surface area contributed by atoms with Gasteiger partial charge in [0.2, 0.25) is 0 Å². The zero-order valence-corrected chi connectivity index (χ0v) is 36.5. The highest BCUT2D eigenvalue weighted by molar-refractivity contribution is 5.69. The molecule has 1 fully saturated rings. The van der Waals surface area contributed by atoms with Gasteiger partial charge in [-0.05, 0) is 64.2 Å². The molecule has 58 heavy (non-hydrogen) atoms. The normalized spacial score (nSPS) is 21.0. The van der Waals surface area contributed by atoms with Crippen LogP contribution in [0.15, 0.2) is 72.9 Å². The lowest BCUT2D eigenvalue weighted by Gasteiger charge is -2.39. The molecule has 1 heterocycles. The predicted molar refractivity (Wildman–Crippen MR) is 237 cm³/mol. The Labute approximate surface area is 353 Å². The number of carbonyl (C=O) groups excluding carboxylic acids is 1. The van der Waals surface area contributed by atoms with Crippen molar-refractivity contribution in [2.75, 3.05) is 26.4 Å². The summed E-state index contributed by atoms with van der Waals surface area (Å²) in [7, 11) is 0. The Morgan fingerprint density at radius 3 is 1.57 bits per heavy atom. The number of unbranched alkanes of at least 4 members (excludes halogenated alkanes) is 15. The van der Waals surface area contributed by atoms with Crippen molar-refractivity contribution in [1.82, 2.24) is 0 Å². The van der Waals surface area contributed by atoms with Gasteiger partial charge in [0.1, 0.15) is 30.5 Å². The molecule has 4 N–H and O–H groups in total. The standard InChI is InChI=1S/C49H84O9/c1-3-5-7-9-11-13-15-17-18-19-20-21-22-23-24-25-27-29-31-33-35-37-39-55-41-43(42-56-49-48(54)47(53)46(52)44(40-50)58-49)57-45(51)38-36-34-32-30-28-26-16-14-12-10-8-6-4-2/h5,7,11,13,17-18,20-21,23-24,27,29,43-44,46-50,52-54H,3-4,6,8-10,12,14-16,19,22,25-26,28,30-42H2,1-2H3/b7-5-,13-11-,18-17-,21-20-,24-23-,29-27-. The van der Waals surface area contributed by atoms with Crippen LogP contribution in [0.2, 0.25) is 0 Å². The maximum atomic E-state index is 12.8. The number of hydrogen-bond donors (Lipinski definition) is 4. The minimum Gasteiger partial charge on any atom is -0.457 e. The molecule has 0 aromatic carbocycles. The summed E-state index contributed by atoms with van der Waals surface area (Å²) >= 11 is 0. The molecule has 0 radical (unpaired) electrons. The molecule has 0 aromatic rings. The Morgan fingerprint density at radius 2 is 1.05 bits per heavy atom. The summed E-state index contributed by atoms with van der Waals surface area (Å²) in [6.45, 7) is 4.35. The molecule has 334 valence electrons. The first-order chi connectivity index (χ1) is 28.4. The summed E-state index contributed by atoms with van der Waals surface area (Å²) in [5.41, 5.74) is 0. The summed E-state index contributed by atoms with van der Waals surface area (Å²) in [6.07, 6.45) is 45.0. The molecule has 6 unspecified atom stereocenters. The second-order valence-corrected chi connectivity index (χ2v) is 15.5. The number of ether oxygens (including phenoxy) is 4. The van der Waals surface area contributed by atoms with Crippen molar-refractivity contribution in [3.63, 3.8) is 0 Å². The highest BCUT2D eigenvalue weighted by Gasteiger charge is 2.44. The number of aliphatic hydroxyl groups excluding tert-OH is 4. The maximum Gasteiger partial charge on any atom is 0.306 e. The molecular formula is C49H84O9. The van der Waals surface area contributed by atoms with Gasteiger partial charge in [0.25, 0.3) is 0 Å². The number of aliphatic hydroxyl groups is 4. The highest BCUT2D eigenvalue weighted by atomic mass is 16.7. The second-order valence-electron chi connectivity index (χ2n) is 15.5. The number of carbonyl (C=O) groups is 1. The van der Waals surface area contributed by atoms with E-state index in [1.165, 1.54) is 64.2 Å². The summed E-state index contributed by atoms with van der Waals surface area (Å²) in [5.74, 6) is -0.328. The van der Waals surface area contributed by atoms with Crippen LogP contribution in [0.1, 0.15) is 168 Å². The monoisotopic (exact) mass is 817 g/mol. The van der Waals surface area contributed by atoms with Crippen LogP contribution in [-0.2, 0) is 23.7 Å². The molecule has 0 bridgehead atoms. The van der Waals surface area contributed by atoms with E-state index in [0.29, 0.717) is 13.0 Å². The minimum atomic E-state index is -1.54. The minimum absolute atomic E-state index is 0.120. The van der Waals surface area contributed by atoms with E-state index in [4.69, 9.17) is 18.9 Å². The fourth-order valence-corrected chi connectivity index (χ4v) is 6.55. The van der Waals surface area contributed by atoms with Gasteiger partial charge < -0.3 is 39.4 Å². The lowest BCUT2D eigenvalue weighted by atomic mass is 9.99. The Bertz CT molecular complexity index is 1110. The van der Waals surface area contributed by atoms with E-state index in [2.05, 4.69) is 86.8 Å². The Balaban J connectivity index is 2.28. The molecule has 0 spiro atoms. The van der Waals surface area contributed by atoms with Gasteiger partial charge in [-0.3, -0.25) is 4.79 Å². The quantitative estimate of drug-likeness (QED) is 0.0273. The Morgan fingerprint density at radius 1 is 0.569 bits per heavy atom. The first kappa shape index (κ1) is 53.6. The van der Waals surface area contributed by atoms with E-state index >= 15 is 0 Å². The van der Waals surface area contributed by atoms with E-state index in [1.807, 2.05) is 0 Å². The summed E-state index contributed by atoms with van der Waals surface area (Å²) in [5, 5.41) is 40.1. The zero-order chi connectivity index (χ0) is 42.2. The number of esters is 1. The van der Waals surface area contributed by atoms with Crippen LogP contribution < -0.4 is 0 Å². The van der Waals surface area contributed by atoms with Gasteiger partial charge in [0.05, 0.1) is 19.8 Å². The predicted octanol–water partition coefficient (Wildman–Crippen LogP) is 10.5. The van der Waals surface area contributed by atoms with Gasteiger partial charge in [-0.2, -0.15) is 0 Å². The van der Waals surface area contributed by atoms with E-state index in [9.17, 15) is 25.2 Å². The molecule has 1 aliphatic rings. The fourth-order valence-electron chi connectivity index (χ4n) is 6.55. The molecule has 6 atom stereocenters. The Kier molecular flexibility index (Phi) is 37.1. The van der Waals surface area contributed by atoms with Crippen molar-refractivity contribution in [2.24, 2.45) is 0 Å². The van der Waals surface area contributed by atoms with Crippen molar-refractivity contribution in [2.45, 2.75) is 205 Å². The van der Waals surface area contributed by atoms with Gasteiger partial charge in [0.15, 0.2) is 6.29 Å². The van der Waals surface area contributed by atoms with E-state index in [0.717, 1.165) is 83.5 Å². The van der Waals surface area contributed by atoms with Gasteiger partial charge >= 0.3 is 5.97 Å². The van der Waals surface area contributed by atoms with Crippen molar-refractivity contribution in [1.29, 1.82) is 0 Å². The molecule has 9 heteroatoms. The maximum absolute atomic E-state index is 12.8. The zero-order valence-electron chi connectivity index (χ0n) is 36.5. The molecule has 1 saturated heterocycles. The molecule has 1 aliphatic heterocycles. The third-order valence-electron chi connectivity index (χ3n) is 10.1. The summed E-state index contributed by atoms with van der Waals surface area (Å²) < 4.78 is 22.8. The number of rotatable bonds is 38. The lowest BCUT2D eigenvalue weighted by Crippen LogP contribution is -2.59. The van der Waals surface area contributed by atoms with Crippen molar-refractivity contribution >= 4 is 5.97 Å². The second kappa shape index (κ2) is 40.1. The molecular weight excluding hydrogens is 733 g/mol. The molecule has 0 aliphatic carbocycles. The van der Waals surface area contributed by atoms with Crippen LogP contribution in [0.25, 0.3) is 0 Å². The topological polar surface area (TPSA) is 135 Å². The van der Waals surface area contributed by atoms with E-state index in [-0.39, 0.29) is 19.2 Å². The van der Waals surface area contributed by atoms with Gasteiger partial charge in [-0.25, -0.2) is 0 Å². The molecule has 0 amide bonds. The van der Waals surface area contributed by atoms with Crippen LogP contribution in [-0.4, -0.2) is 89.6 Å². The number of hydrogen-bond acceptors (Lipinski definition) is 9. The van der Waals surface area contributed by atoms with Crippen LogP contribution in [0.3, 0.4) is 0 Å². The average Bonchev–Trinajstić information content (AvgIpc) is 3.22. The average molecular weight is 817 g/mol. The molecule has 1 rings (SSSR count). The van der Waals surface area contributed by atoms with Gasteiger partial charge in [-0.15, -0.1) is 0 Å². The first-order valence-electron chi connectivity index (χ1n) is 23.0. The smallest absolute Gasteiger partial charge is 0.306 e. The van der Waals surface area contributed by atoms with E-state index in [1.54, 1.807) is 0 Å². The SMILES string of the molecule is CC/C=C\C/C=C\C/C=C\C/C=C\C/C=C\C/C=C\CCCCCOCC(COC1OC(CO)C(O)C(O)C1O)OC(=O)CCCCCCCCCCCCCCC. The van der Waals surface area contributed by atoms with Crippen LogP contribution >= 0.6 is 0 Å². The Hall–Kier alpha value is -2.37. The van der Waals surface area contributed by atoms with Crippen LogP contribution in [0.4, 0.5) is 0 Å². The summed E-state index contributed by atoms with van der Waals surface area (Å²) in [4.78, 5) is 12.8. The highest BCUT2D eigenvalue weighted by Crippen LogP contribution is 2.22. The molecule has 0 saturated carbocycles. The third-order valence-corrected chi connectivity index (χ3v) is 10.1. The fraction of sp³-hybridized carbons (Fsp3) is 0.735. The third kappa shape index (κ3) is 30.6. The van der Waals surface area contributed by atoms with Crippen molar-refractivity contribution < 1.29 is 44.2 Å².